The van der Waals surface area contributed by atoms with E-state index in [0.717, 1.165) is 10.8 Å². The van der Waals surface area contributed by atoms with Gasteiger partial charge in [-0.05, 0) is 35.0 Å². The van der Waals surface area contributed by atoms with Gasteiger partial charge in [0.25, 0.3) is 5.56 Å². The van der Waals surface area contributed by atoms with Crippen LogP contribution in [0.4, 0.5) is 0 Å². The van der Waals surface area contributed by atoms with Crippen LogP contribution in [0.3, 0.4) is 0 Å². The zero-order valence-corrected chi connectivity index (χ0v) is 15.1. The summed E-state index contributed by atoms with van der Waals surface area (Å²) in [5, 5.41) is 2.68. The minimum Gasteiger partial charge on any atom is -0.482 e. The number of hydrogen-bond acceptors (Lipinski definition) is 5. The quantitative estimate of drug-likeness (QED) is 0.485. The molecule has 6 heteroatoms. The third kappa shape index (κ3) is 3.86. The van der Waals surface area contributed by atoms with Crippen LogP contribution in [-0.2, 0) is 16.1 Å². The zero-order valence-electron chi connectivity index (χ0n) is 15.1. The molecule has 1 heterocycles. The number of rotatable bonds is 6. The van der Waals surface area contributed by atoms with Crippen molar-refractivity contribution in [3.63, 3.8) is 0 Å². The summed E-state index contributed by atoms with van der Waals surface area (Å²) in [6.07, 6.45) is 1.46. The van der Waals surface area contributed by atoms with E-state index < -0.39 is 5.97 Å². The van der Waals surface area contributed by atoms with Gasteiger partial charge in [0.05, 0.1) is 23.8 Å². The smallest absolute Gasteiger partial charge is 0.344 e. The number of carbonyl (C=O) groups excluding carboxylic acids is 1. The molecular formula is C22H18N2O4. The minimum atomic E-state index is -0.491. The van der Waals surface area contributed by atoms with Crippen molar-refractivity contribution in [3.05, 3.63) is 83.4 Å². The molecule has 28 heavy (non-hydrogen) atoms. The third-order valence-corrected chi connectivity index (χ3v) is 4.40. The Hall–Kier alpha value is -3.67. The molecule has 0 aliphatic carbocycles. The van der Waals surface area contributed by atoms with E-state index in [-0.39, 0.29) is 25.3 Å². The van der Waals surface area contributed by atoms with Crippen molar-refractivity contribution in [3.8, 4) is 5.75 Å². The average Bonchev–Trinajstić information content (AvgIpc) is 2.74. The normalized spacial score (nSPS) is 10.9. The fourth-order valence-electron chi connectivity index (χ4n) is 2.96. The van der Waals surface area contributed by atoms with Crippen LogP contribution < -0.4 is 10.3 Å². The van der Waals surface area contributed by atoms with Gasteiger partial charge in [-0.1, -0.05) is 42.5 Å². The number of nitrogens with zero attached hydrogens (tertiary/aromatic N) is 2. The molecule has 0 spiro atoms. The lowest BCUT2D eigenvalue weighted by atomic mass is 10.1. The highest BCUT2D eigenvalue weighted by Crippen LogP contribution is 2.20. The second-order valence-corrected chi connectivity index (χ2v) is 6.28. The molecule has 6 nitrogen and oxygen atoms in total. The Morgan fingerprint density at radius 1 is 0.964 bits per heavy atom. The first-order valence-electron chi connectivity index (χ1n) is 8.92. The molecular weight excluding hydrogens is 356 g/mol. The van der Waals surface area contributed by atoms with Crippen LogP contribution >= 0.6 is 0 Å². The molecule has 140 valence electrons. The van der Waals surface area contributed by atoms with E-state index in [1.165, 1.54) is 10.9 Å². The van der Waals surface area contributed by atoms with E-state index in [9.17, 15) is 9.59 Å². The molecule has 0 aliphatic heterocycles. The maximum atomic E-state index is 12.4. The Balaban J connectivity index is 1.31. The van der Waals surface area contributed by atoms with Crippen molar-refractivity contribution >= 4 is 27.6 Å². The summed E-state index contributed by atoms with van der Waals surface area (Å²) in [6, 6.07) is 20.7. The topological polar surface area (TPSA) is 70.4 Å². The fraction of sp³-hybridized carbons (Fsp3) is 0.136. The first kappa shape index (κ1) is 17.7. The Bertz CT molecular complexity index is 1200. The first-order chi connectivity index (χ1) is 13.7. The molecule has 0 aliphatic rings. The van der Waals surface area contributed by atoms with Crippen LogP contribution in [-0.4, -0.2) is 28.7 Å². The molecule has 0 N–H and O–H groups in total. The molecule has 4 rings (SSSR count). The predicted molar refractivity (Wildman–Crippen MR) is 106 cm³/mol. The Labute approximate surface area is 161 Å². The fourth-order valence-corrected chi connectivity index (χ4v) is 2.96. The van der Waals surface area contributed by atoms with Crippen LogP contribution in [0.15, 0.2) is 77.9 Å². The van der Waals surface area contributed by atoms with Crippen molar-refractivity contribution in [1.29, 1.82) is 0 Å². The monoisotopic (exact) mass is 374 g/mol. The Morgan fingerprint density at radius 2 is 1.75 bits per heavy atom. The van der Waals surface area contributed by atoms with E-state index in [2.05, 4.69) is 4.98 Å². The number of ether oxygens (including phenoxy) is 2. The summed E-state index contributed by atoms with van der Waals surface area (Å²) < 4.78 is 12.1. The molecule has 0 bridgehead atoms. The van der Waals surface area contributed by atoms with Gasteiger partial charge in [0.15, 0.2) is 6.61 Å². The van der Waals surface area contributed by atoms with Gasteiger partial charge in [-0.25, -0.2) is 9.78 Å². The van der Waals surface area contributed by atoms with Gasteiger partial charge in [-0.2, -0.15) is 0 Å². The van der Waals surface area contributed by atoms with E-state index >= 15 is 0 Å². The van der Waals surface area contributed by atoms with Crippen LogP contribution in [0.2, 0.25) is 0 Å². The number of esters is 1. The highest BCUT2D eigenvalue weighted by atomic mass is 16.6. The van der Waals surface area contributed by atoms with Gasteiger partial charge in [-0.15, -0.1) is 0 Å². The second kappa shape index (κ2) is 7.92. The summed E-state index contributed by atoms with van der Waals surface area (Å²) in [7, 11) is 0. The number of aromatic nitrogens is 2. The molecule has 0 saturated carbocycles. The molecule has 0 amide bonds. The predicted octanol–water partition coefficient (Wildman–Crippen LogP) is 3.17. The second-order valence-electron chi connectivity index (χ2n) is 6.28. The lowest BCUT2D eigenvalue weighted by Crippen LogP contribution is -2.24. The highest BCUT2D eigenvalue weighted by Gasteiger charge is 2.07. The van der Waals surface area contributed by atoms with Crippen molar-refractivity contribution in [2.75, 3.05) is 13.2 Å². The lowest BCUT2D eigenvalue weighted by molar-refractivity contribution is -0.146. The van der Waals surface area contributed by atoms with Gasteiger partial charge >= 0.3 is 5.97 Å². The molecule has 0 atom stereocenters. The van der Waals surface area contributed by atoms with Gasteiger partial charge in [0.1, 0.15) is 12.4 Å². The number of benzene rings is 3. The minimum absolute atomic E-state index is 0.0693. The molecule has 1 aromatic heterocycles. The summed E-state index contributed by atoms with van der Waals surface area (Å²) in [6.45, 7) is 0.113. The summed E-state index contributed by atoms with van der Waals surface area (Å²) in [4.78, 5) is 28.5. The number of fused-ring (bicyclic) bond motifs is 2. The maximum Gasteiger partial charge on any atom is 0.344 e. The zero-order chi connectivity index (χ0) is 19.3. The third-order valence-electron chi connectivity index (χ3n) is 4.40. The molecule has 0 saturated heterocycles. The summed E-state index contributed by atoms with van der Waals surface area (Å²) >= 11 is 0. The van der Waals surface area contributed by atoms with Crippen molar-refractivity contribution in [2.24, 2.45) is 0 Å². The SMILES string of the molecule is O=C(COc1ccc2ccccc2c1)OCCn1cnc2ccccc2c1=O. The van der Waals surface area contributed by atoms with E-state index in [4.69, 9.17) is 9.47 Å². The van der Waals surface area contributed by atoms with Crippen molar-refractivity contribution < 1.29 is 14.3 Å². The summed E-state index contributed by atoms with van der Waals surface area (Å²) in [5.41, 5.74) is 0.485. The van der Waals surface area contributed by atoms with Crippen LogP contribution in [0.25, 0.3) is 21.7 Å². The van der Waals surface area contributed by atoms with Gasteiger partial charge < -0.3 is 9.47 Å². The van der Waals surface area contributed by atoms with Gasteiger partial charge in [-0.3, -0.25) is 9.36 Å². The van der Waals surface area contributed by atoms with E-state index in [1.807, 2.05) is 48.5 Å². The number of hydrogen-bond donors (Lipinski definition) is 0. The van der Waals surface area contributed by atoms with Gasteiger partial charge in [0.2, 0.25) is 0 Å². The standard InChI is InChI=1S/C22H18N2O4/c25-21(14-28-18-10-9-16-5-1-2-6-17(16)13-18)27-12-11-24-15-23-20-8-4-3-7-19(20)22(24)26/h1-10,13,15H,11-12,14H2. The average molecular weight is 374 g/mol. The molecule has 0 radical (unpaired) electrons. The highest BCUT2D eigenvalue weighted by molar-refractivity contribution is 5.83. The maximum absolute atomic E-state index is 12.4. The molecule has 4 aromatic rings. The largest absolute Gasteiger partial charge is 0.482 e. The van der Waals surface area contributed by atoms with Crippen molar-refractivity contribution in [2.45, 2.75) is 6.54 Å². The summed E-state index contributed by atoms with van der Waals surface area (Å²) in [5.74, 6) is 0.112. The lowest BCUT2D eigenvalue weighted by Gasteiger charge is -2.09. The van der Waals surface area contributed by atoms with Crippen LogP contribution in [0.5, 0.6) is 5.75 Å². The first-order valence-corrected chi connectivity index (χ1v) is 8.92. The van der Waals surface area contributed by atoms with Gasteiger partial charge in [0, 0.05) is 0 Å². The Morgan fingerprint density at radius 3 is 2.64 bits per heavy atom. The molecule has 0 fully saturated rings. The molecule has 0 unspecified atom stereocenters. The number of carbonyl (C=O) groups is 1. The Kier molecular flexibility index (Phi) is 5.01. The van der Waals surface area contributed by atoms with E-state index in [0.29, 0.717) is 16.7 Å². The molecule has 3 aromatic carbocycles. The van der Waals surface area contributed by atoms with E-state index in [1.54, 1.807) is 18.2 Å². The number of para-hydroxylation sites is 1. The van der Waals surface area contributed by atoms with Crippen molar-refractivity contribution in [1.82, 2.24) is 9.55 Å². The van der Waals surface area contributed by atoms with Crippen LogP contribution in [0, 0.1) is 0 Å². The van der Waals surface area contributed by atoms with Crippen LogP contribution in [0.1, 0.15) is 0 Å².